The van der Waals surface area contributed by atoms with Gasteiger partial charge in [0.1, 0.15) is 23.3 Å². The number of fused-ring (bicyclic) bond motifs is 2. The molecule has 2 amide bonds. The third-order valence-electron chi connectivity index (χ3n) is 7.84. The summed E-state index contributed by atoms with van der Waals surface area (Å²) in [5.41, 5.74) is 1.43. The minimum absolute atomic E-state index is 0.00144. The molecular weight excluding hydrogens is 608 g/mol. The Morgan fingerprint density at radius 2 is 1.89 bits per heavy atom. The van der Waals surface area contributed by atoms with E-state index < -0.39 is 42.3 Å². The first-order chi connectivity index (χ1) is 22.2. The number of aliphatic imine (C=N–C) groups is 1. The van der Waals surface area contributed by atoms with Gasteiger partial charge in [-0.15, -0.1) is 0 Å². The van der Waals surface area contributed by atoms with Crippen molar-refractivity contribution in [2.75, 3.05) is 53.3 Å². The molecule has 262 valence electrons. The second-order valence-electron chi connectivity index (χ2n) is 12.1. The Kier molecular flexibility index (Phi) is 16.1. The van der Waals surface area contributed by atoms with Crippen LogP contribution in [0.5, 0.6) is 11.5 Å². The Morgan fingerprint density at radius 1 is 1.19 bits per heavy atom. The number of carbonyl (C=O) groups is 2. The highest BCUT2D eigenvalue weighted by Crippen LogP contribution is 2.44. The van der Waals surface area contributed by atoms with Crippen molar-refractivity contribution in [3.8, 4) is 11.5 Å². The monoisotopic (exact) mass is 660 g/mol. The first kappa shape index (κ1) is 39.4. The number of amides is 2. The van der Waals surface area contributed by atoms with Gasteiger partial charge in [-0.05, 0) is 52.3 Å². The zero-order valence-corrected chi connectivity index (χ0v) is 28.7. The maximum atomic E-state index is 13.2. The van der Waals surface area contributed by atoms with Gasteiger partial charge in [-0.1, -0.05) is 38.2 Å². The number of nitrogens with zero attached hydrogens (tertiary/aromatic N) is 2. The molecular formula is C34H52N4O9. The molecule has 6 atom stereocenters. The normalized spacial score (nSPS) is 27.2. The number of alkyl carbamates (subject to hydrolysis) is 1. The lowest BCUT2D eigenvalue weighted by Crippen LogP contribution is -2.38. The molecule has 0 saturated carbocycles. The quantitative estimate of drug-likeness (QED) is 0.105. The van der Waals surface area contributed by atoms with E-state index in [9.17, 15) is 24.9 Å². The molecule has 1 aliphatic heterocycles. The van der Waals surface area contributed by atoms with Gasteiger partial charge < -0.3 is 50.2 Å². The number of hydrogen-bond acceptors (Lipinski definition) is 11. The molecule has 0 unspecified atom stereocenters. The van der Waals surface area contributed by atoms with Gasteiger partial charge in [-0.3, -0.25) is 9.79 Å². The van der Waals surface area contributed by atoms with Crippen LogP contribution in [-0.2, 0) is 25.4 Å². The van der Waals surface area contributed by atoms with E-state index in [-0.39, 0.29) is 53.9 Å². The largest absolute Gasteiger partial charge is 0.506 e. The number of hydrogen-bond donors (Lipinski definition) is 6. The molecule has 13 nitrogen and oxygen atoms in total. The Hall–Kier alpha value is -3.75. The number of phenolic OH excluding ortho intramolecular Hbond substituents is 2. The van der Waals surface area contributed by atoms with E-state index in [1.807, 2.05) is 32.8 Å². The number of aliphatic hydroxyl groups is 2. The van der Waals surface area contributed by atoms with E-state index >= 15 is 0 Å². The molecule has 2 bridgehead atoms. The van der Waals surface area contributed by atoms with Crippen LogP contribution in [0.15, 0.2) is 46.5 Å². The predicted molar refractivity (Wildman–Crippen MR) is 181 cm³/mol. The maximum absolute atomic E-state index is 13.2. The van der Waals surface area contributed by atoms with Crippen LogP contribution < -0.4 is 10.6 Å². The second-order valence-corrected chi connectivity index (χ2v) is 12.1. The van der Waals surface area contributed by atoms with E-state index in [0.717, 1.165) is 0 Å². The summed E-state index contributed by atoms with van der Waals surface area (Å²) in [7, 11) is 6.71. The smallest absolute Gasteiger partial charge is 0.407 e. The standard InChI is InChI=1S/C34H52N4O9/c1-20-16-24-29(35-12-14-38(5)6)26(40)19-25(31(24)42)37-33(43)21(2)10-9-11-27(45-7)32(47-34(44)36-13-15-39)23(4)18-22(3)30(41)28(17-20)46-8/h9-12,18-20,22,27-28,30,32,39-42H,13-17H2,1-8H3,(H,36,44)(H,37,43)/b11-9?,21-10+,23-18+,35-12?/t20-,22+,27+,28+,30-,32+/m1/s1. The molecule has 1 aromatic carbocycles. The molecule has 1 aliphatic rings. The number of aromatic hydroxyl groups is 2. The molecule has 0 saturated heterocycles. The van der Waals surface area contributed by atoms with Crippen LogP contribution in [0.3, 0.4) is 0 Å². The minimum Gasteiger partial charge on any atom is -0.506 e. The minimum atomic E-state index is -0.962. The van der Waals surface area contributed by atoms with Crippen molar-refractivity contribution in [3.63, 3.8) is 0 Å². The van der Waals surface area contributed by atoms with Gasteiger partial charge in [-0.25, -0.2) is 4.79 Å². The highest BCUT2D eigenvalue weighted by atomic mass is 16.6. The summed E-state index contributed by atoms with van der Waals surface area (Å²) in [4.78, 5) is 32.0. The topological polar surface area (TPSA) is 182 Å². The van der Waals surface area contributed by atoms with Crippen molar-refractivity contribution < 1.29 is 44.2 Å². The number of aliphatic hydroxyl groups excluding tert-OH is 2. The van der Waals surface area contributed by atoms with Crippen LogP contribution in [0.25, 0.3) is 0 Å². The summed E-state index contributed by atoms with van der Waals surface area (Å²) in [5, 5.41) is 48.0. The Balaban J connectivity index is 2.67. The summed E-state index contributed by atoms with van der Waals surface area (Å²) >= 11 is 0. The molecule has 0 aromatic heterocycles. The Labute approximate surface area is 277 Å². The van der Waals surface area contributed by atoms with Crippen molar-refractivity contribution in [1.82, 2.24) is 10.2 Å². The van der Waals surface area contributed by atoms with Gasteiger partial charge in [0.2, 0.25) is 0 Å². The lowest BCUT2D eigenvalue weighted by atomic mass is 9.87. The first-order valence-electron chi connectivity index (χ1n) is 15.6. The third-order valence-corrected chi connectivity index (χ3v) is 7.84. The van der Waals surface area contributed by atoms with Gasteiger partial charge in [0.25, 0.3) is 5.91 Å². The van der Waals surface area contributed by atoms with Crippen molar-refractivity contribution in [3.05, 3.63) is 47.1 Å². The van der Waals surface area contributed by atoms with Crippen LogP contribution in [0.4, 0.5) is 16.2 Å². The summed E-state index contributed by atoms with van der Waals surface area (Å²) in [6.07, 6.45) is 4.73. The Bertz CT molecular complexity index is 1320. The number of ether oxygens (including phenoxy) is 3. The van der Waals surface area contributed by atoms with E-state index in [1.54, 1.807) is 38.3 Å². The zero-order chi connectivity index (χ0) is 35.3. The van der Waals surface area contributed by atoms with E-state index in [2.05, 4.69) is 15.6 Å². The number of carbonyl (C=O) groups excluding carboxylic acids is 2. The Morgan fingerprint density at radius 3 is 2.51 bits per heavy atom. The molecule has 47 heavy (non-hydrogen) atoms. The molecule has 1 heterocycles. The molecule has 0 fully saturated rings. The number of benzene rings is 1. The molecule has 2 rings (SSSR count). The van der Waals surface area contributed by atoms with Crippen LogP contribution in [-0.4, -0.2) is 116 Å². The first-order valence-corrected chi connectivity index (χ1v) is 15.6. The zero-order valence-electron chi connectivity index (χ0n) is 28.7. The maximum Gasteiger partial charge on any atom is 0.407 e. The summed E-state index contributed by atoms with van der Waals surface area (Å²) in [6, 6.07) is 1.26. The van der Waals surface area contributed by atoms with Crippen molar-refractivity contribution in [1.29, 1.82) is 0 Å². The van der Waals surface area contributed by atoms with Gasteiger partial charge >= 0.3 is 6.09 Å². The van der Waals surface area contributed by atoms with E-state index in [0.29, 0.717) is 24.1 Å². The fourth-order valence-corrected chi connectivity index (χ4v) is 5.22. The van der Waals surface area contributed by atoms with Crippen LogP contribution in [0.2, 0.25) is 0 Å². The molecule has 0 radical (unpaired) electrons. The SMILES string of the molecule is CO[C@H]1C=C/C=C(\C)C(=O)Nc2cc(O)c(N=CCN(C)C)c(c2O)C[C@@H](C)C[C@H](OC)[C@H](O)[C@@H](C)/C=C(\C)[C@@H]1OC(=O)NCCO. The van der Waals surface area contributed by atoms with Crippen LogP contribution in [0.1, 0.15) is 39.7 Å². The summed E-state index contributed by atoms with van der Waals surface area (Å²) in [5.74, 6) is -1.58. The number of allylic oxidation sites excluding steroid dienone is 2. The van der Waals surface area contributed by atoms with Gasteiger partial charge in [0, 0.05) is 56.6 Å². The highest BCUT2D eigenvalue weighted by molar-refractivity contribution is 6.04. The van der Waals surface area contributed by atoms with Crippen LogP contribution in [0, 0.1) is 11.8 Å². The van der Waals surface area contributed by atoms with Gasteiger partial charge in [0.05, 0.1) is 24.5 Å². The second kappa shape index (κ2) is 19.2. The molecule has 0 spiro atoms. The number of anilines is 1. The third kappa shape index (κ3) is 11.8. The summed E-state index contributed by atoms with van der Waals surface area (Å²) in [6.45, 7) is 7.33. The van der Waals surface area contributed by atoms with E-state index in [1.165, 1.54) is 26.4 Å². The number of nitrogens with one attached hydrogen (secondary N) is 2. The van der Waals surface area contributed by atoms with Crippen molar-refractivity contribution in [2.24, 2.45) is 16.8 Å². The van der Waals surface area contributed by atoms with Crippen molar-refractivity contribution in [2.45, 2.75) is 65.0 Å². The average molecular weight is 661 g/mol. The number of phenols is 2. The number of methoxy groups -OCH3 is 2. The number of rotatable bonds is 8. The van der Waals surface area contributed by atoms with Gasteiger partial charge in [0.15, 0.2) is 6.10 Å². The highest BCUT2D eigenvalue weighted by Gasteiger charge is 2.30. The van der Waals surface area contributed by atoms with Crippen molar-refractivity contribution >= 4 is 29.6 Å². The summed E-state index contributed by atoms with van der Waals surface area (Å²) < 4.78 is 17.1. The molecule has 0 aliphatic carbocycles. The fourth-order valence-electron chi connectivity index (χ4n) is 5.22. The average Bonchev–Trinajstić information content (AvgIpc) is 3.02. The van der Waals surface area contributed by atoms with Gasteiger partial charge in [-0.2, -0.15) is 0 Å². The fraction of sp³-hybridized carbons (Fsp3) is 0.559. The molecule has 6 N–H and O–H groups in total. The molecule has 13 heteroatoms. The lowest BCUT2D eigenvalue weighted by Gasteiger charge is -2.29. The lowest BCUT2D eigenvalue weighted by molar-refractivity contribution is -0.112. The van der Waals surface area contributed by atoms with Crippen LogP contribution >= 0.6 is 0 Å². The molecule has 1 aromatic rings. The predicted octanol–water partition coefficient (Wildman–Crippen LogP) is 3.45. The van der Waals surface area contributed by atoms with E-state index in [4.69, 9.17) is 19.3 Å².